The van der Waals surface area contributed by atoms with E-state index in [1.165, 1.54) is 44.4 Å². The molecular formula is C49H33N3. The third-order valence-corrected chi connectivity index (χ3v) is 10.5. The first-order chi connectivity index (χ1) is 25.8. The van der Waals surface area contributed by atoms with Gasteiger partial charge in [-0.15, -0.1) is 0 Å². The molecule has 0 aliphatic heterocycles. The number of rotatable bonds is 6. The predicted octanol–water partition coefficient (Wildman–Crippen LogP) is 11.8. The number of para-hydroxylation sites is 2. The van der Waals surface area contributed by atoms with Gasteiger partial charge in [0.05, 0.1) is 28.0 Å². The zero-order chi connectivity index (χ0) is 34.5. The second-order valence-corrected chi connectivity index (χ2v) is 13.3. The lowest BCUT2D eigenvalue weighted by Crippen LogP contribution is -2.28. The summed E-state index contributed by atoms with van der Waals surface area (Å²) in [4.78, 5) is 10.5. The second-order valence-electron chi connectivity index (χ2n) is 13.3. The molecule has 9 aromatic rings. The molecule has 3 nitrogen and oxygen atoms in total. The molecular weight excluding hydrogens is 631 g/mol. The van der Waals surface area contributed by atoms with Gasteiger partial charge < -0.3 is 4.57 Å². The minimum Gasteiger partial charge on any atom is -0.309 e. The van der Waals surface area contributed by atoms with Crippen molar-refractivity contribution in [3.63, 3.8) is 0 Å². The lowest BCUT2D eigenvalue weighted by atomic mass is 9.67. The number of aromatic nitrogens is 3. The quantitative estimate of drug-likeness (QED) is 0.177. The summed E-state index contributed by atoms with van der Waals surface area (Å²) >= 11 is 0. The van der Waals surface area contributed by atoms with Crippen LogP contribution in [0.15, 0.2) is 200 Å². The molecule has 2 aromatic heterocycles. The fourth-order valence-electron chi connectivity index (χ4n) is 8.29. The van der Waals surface area contributed by atoms with Gasteiger partial charge in [-0.1, -0.05) is 170 Å². The van der Waals surface area contributed by atoms with Gasteiger partial charge in [0.25, 0.3) is 0 Å². The van der Waals surface area contributed by atoms with Crippen LogP contribution in [-0.4, -0.2) is 14.5 Å². The van der Waals surface area contributed by atoms with E-state index >= 15 is 0 Å². The largest absolute Gasteiger partial charge is 0.309 e. The summed E-state index contributed by atoms with van der Waals surface area (Å²) in [6.07, 6.45) is 0. The maximum atomic E-state index is 5.24. The zero-order valence-corrected chi connectivity index (χ0v) is 28.4. The summed E-state index contributed by atoms with van der Waals surface area (Å²) in [5, 5.41) is 1.24. The molecule has 1 aliphatic carbocycles. The van der Waals surface area contributed by atoms with Gasteiger partial charge in [0.15, 0.2) is 5.82 Å². The Kier molecular flexibility index (Phi) is 7.04. The highest BCUT2D eigenvalue weighted by atomic mass is 15.0. The van der Waals surface area contributed by atoms with Crippen molar-refractivity contribution in [2.75, 3.05) is 0 Å². The fourth-order valence-corrected chi connectivity index (χ4v) is 8.29. The van der Waals surface area contributed by atoms with E-state index < -0.39 is 5.41 Å². The monoisotopic (exact) mass is 663 g/mol. The van der Waals surface area contributed by atoms with Crippen molar-refractivity contribution in [2.24, 2.45) is 0 Å². The van der Waals surface area contributed by atoms with Crippen molar-refractivity contribution in [3.05, 3.63) is 222 Å². The summed E-state index contributed by atoms with van der Waals surface area (Å²) < 4.78 is 2.46. The Balaban J connectivity index is 1.32. The molecule has 0 saturated carbocycles. The Morgan fingerprint density at radius 1 is 0.423 bits per heavy atom. The molecule has 2 heterocycles. The Morgan fingerprint density at radius 2 is 0.923 bits per heavy atom. The Bertz CT molecular complexity index is 2600. The van der Waals surface area contributed by atoms with Crippen LogP contribution in [0.4, 0.5) is 0 Å². The molecule has 7 aromatic carbocycles. The highest BCUT2D eigenvalue weighted by molar-refractivity contribution is 6.02. The van der Waals surface area contributed by atoms with Gasteiger partial charge in [0, 0.05) is 38.9 Å². The number of nitrogens with zero attached hydrogens (tertiary/aromatic N) is 3. The summed E-state index contributed by atoms with van der Waals surface area (Å²) in [6.45, 7) is 0. The lowest BCUT2D eigenvalue weighted by molar-refractivity contribution is 0.775. The van der Waals surface area contributed by atoms with Gasteiger partial charge in [-0.25, -0.2) is 9.97 Å². The molecule has 244 valence electrons. The SMILES string of the molecule is c1ccc(-c2cc(-c3ccccc3)nc(-c3ccc4c(c3)-c3c(c5ccccc5n3-c3ccccc3)C4(c3ccccc3)c3ccccc3)n2)cc1. The maximum absolute atomic E-state index is 5.24. The van der Waals surface area contributed by atoms with Gasteiger partial charge in [0.2, 0.25) is 0 Å². The van der Waals surface area contributed by atoms with E-state index in [1.807, 2.05) is 12.1 Å². The molecule has 52 heavy (non-hydrogen) atoms. The second kappa shape index (κ2) is 12.2. The first-order valence-corrected chi connectivity index (χ1v) is 17.8. The molecule has 0 radical (unpaired) electrons. The Labute approximate surface area is 303 Å². The Morgan fingerprint density at radius 3 is 1.50 bits per heavy atom. The first kappa shape index (κ1) is 30.0. The minimum absolute atomic E-state index is 0.562. The molecule has 0 saturated heterocycles. The number of hydrogen-bond acceptors (Lipinski definition) is 2. The van der Waals surface area contributed by atoms with Crippen LogP contribution in [0.1, 0.15) is 22.3 Å². The van der Waals surface area contributed by atoms with E-state index in [-0.39, 0.29) is 0 Å². The molecule has 0 unspecified atom stereocenters. The summed E-state index contributed by atoms with van der Waals surface area (Å²) in [6, 6.07) is 71.4. The van der Waals surface area contributed by atoms with Crippen molar-refractivity contribution >= 4 is 10.9 Å². The lowest BCUT2D eigenvalue weighted by Gasteiger charge is -2.33. The smallest absolute Gasteiger partial charge is 0.160 e. The van der Waals surface area contributed by atoms with E-state index in [1.54, 1.807) is 0 Å². The molecule has 3 heteroatoms. The van der Waals surface area contributed by atoms with Crippen molar-refractivity contribution in [2.45, 2.75) is 5.41 Å². The van der Waals surface area contributed by atoms with Gasteiger partial charge in [0.1, 0.15) is 0 Å². The van der Waals surface area contributed by atoms with Crippen LogP contribution in [0.2, 0.25) is 0 Å². The van der Waals surface area contributed by atoms with Gasteiger partial charge in [-0.3, -0.25) is 0 Å². The topological polar surface area (TPSA) is 30.7 Å². The van der Waals surface area contributed by atoms with Crippen LogP contribution < -0.4 is 0 Å². The van der Waals surface area contributed by atoms with Gasteiger partial charge in [-0.2, -0.15) is 0 Å². The Hall–Kier alpha value is -6.84. The van der Waals surface area contributed by atoms with Crippen LogP contribution >= 0.6 is 0 Å². The van der Waals surface area contributed by atoms with E-state index in [2.05, 4.69) is 193 Å². The van der Waals surface area contributed by atoms with Gasteiger partial charge in [-0.05, 0) is 47.0 Å². The zero-order valence-electron chi connectivity index (χ0n) is 28.4. The summed E-state index contributed by atoms with van der Waals surface area (Å²) in [5.74, 6) is 0.698. The molecule has 0 N–H and O–H groups in total. The normalized spacial score (nSPS) is 12.8. The molecule has 0 amide bonds. The fraction of sp³-hybridized carbons (Fsp3) is 0.0204. The van der Waals surface area contributed by atoms with Crippen molar-refractivity contribution < 1.29 is 0 Å². The van der Waals surface area contributed by atoms with Crippen LogP contribution in [0.3, 0.4) is 0 Å². The third kappa shape index (κ3) is 4.60. The molecule has 0 atom stereocenters. The molecule has 0 spiro atoms. The van der Waals surface area contributed by atoms with Crippen LogP contribution in [0.25, 0.3) is 61.8 Å². The van der Waals surface area contributed by atoms with E-state index in [4.69, 9.17) is 9.97 Å². The van der Waals surface area contributed by atoms with E-state index in [9.17, 15) is 0 Å². The minimum atomic E-state index is -0.562. The molecule has 0 bridgehead atoms. The number of hydrogen-bond donors (Lipinski definition) is 0. The number of fused-ring (bicyclic) bond motifs is 5. The van der Waals surface area contributed by atoms with Crippen molar-refractivity contribution in [1.29, 1.82) is 0 Å². The first-order valence-electron chi connectivity index (χ1n) is 17.8. The van der Waals surface area contributed by atoms with Gasteiger partial charge >= 0.3 is 0 Å². The molecule has 10 rings (SSSR count). The molecule has 0 fully saturated rings. The highest BCUT2D eigenvalue weighted by Gasteiger charge is 2.49. The average molecular weight is 664 g/mol. The van der Waals surface area contributed by atoms with Crippen molar-refractivity contribution in [1.82, 2.24) is 14.5 Å². The average Bonchev–Trinajstić information content (AvgIpc) is 3.73. The maximum Gasteiger partial charge on any atom is 0.160 e. The molecule has 1 aliphatic rings. The summed E-state index contributed by atoms with van der Waals surface area (Å²) in [5.41, 5.74) is 14.0. The summed E-state index contributed by atoms with van der Waals surface area (Å²) in [7, 11) is 0. The van der Waals surface area contributed by atoms with E-state index in [0.717, 1.165) is 33.8 Å². The van der Waals surface area contributed by atoms with Crippen molar-refractivity contribution in [3.8, 4) is 50.8 Å². The number of benzene rings is 7. The van der Waals surface area contributed by atoms with Crippen LogP contribution in [-0.2, 0) is 5.41 Å². The standard InChI is InChI=1S/C49H33N3/c1-6-18-34(19-7-1)43-33-44(35-20-8-2-9-21-35)51-48(50-43)36-30-31-42-41(32-36)47-46(40-28-16-17-29-45(40)52(47)39-26-14-5-15-27-39)49(42,37-22-10-3-11-23-37)38-24-12-4-13-25-38/h1-33H. The third-order valence-electron chi connectivity index (χ3n) is 10.5. The van der Waals surface area contributed by atoms with Crippen LogP contribution in [0.5, 0.6) is 0 Å². The highest BCUT2D eigenvalue weighted by Crippen LogP contribution is 2.60. The van der Waals surface area contributed by atoms with Crippen LogP contribution in [0, 0.1) is 0 Å². The van der Waals surface area contributed by atoms with E-state index in [0.29, 0.717) is 5.82 Å². The predicted molar refractivity (Wildman–Crippen MR) is 212 cm³/mol.